The third-order valence-corrected chi connectivity index (χ3v) is 7.43. The zero-order valence-corrected chi connectivity index (χ0v) is 20.5. The van der Waals surface area contributed by atoms with E-state index in [0.717, 1.165) is 27.4 Å². The molecule has 1 N–H and O–H groups in total. The number of pyridine rings is 1. The van der Waals surface area contributed by atoms with Crippen LogP contribution in [-0.2, 0) is 0 Å². The van der Waals surface area contributed by atoms with Gasteiger partial charge in [0.2, 0.25) is 0 Å². The van der Waals surface area contributed by atoms with E-state index in [1.807, 2.05) is 72.9 Å². The second-order valence-electron chi connectivity index (χ2n) is 7.57. The Kier molecular flexibility index (Phi) is 5.95. The molecule has 2 aromatic carbocycles. The second kappa shape index (κ2) is 9.02. The van der Waals surface area contributed by atoms with Crippen LogP contribution in [0.3, 0.4) is 0 Å². The number of anilines is 1. The lowest BCUT2D eigenvalue weighted by atomic mass is 10.0. The molecule has 0 aliphatic carbocycles. The number of hydrogen-bond donors (Lipinski definition) is 1. The Morgan fingerprint density at radius 2 is 1.75 bits per heavy atom. The van der Waals surface area contributed by atoms with Crippen LogP contribution in [0.2, 0.25) is 0 Å². The molecule has 1 aliphatic rings. The normalized spacial score (nSPS) is 17.9. The van der Waals surface area contributed by atoms with Crippen molar-refractivity contribution in [2.75, 3.05) is 4.90 Å². The summed E-state index contributed by atoms with van der Waals surface area (Å²) in [6, 6.07) is 24.2. The molecule has 1 fully saturated rings. The monoisotopic (exact) mass is 521 g/mol. The largest absolute Gasteiger partial charge is 0.457 e. The molecule has 0 amide bonds. The van der Waals surface area contributed by atoms with Crippen LogP contribution in [0.25, 0.3) is 0 Å². The summed E-state index contributed by atoms with van der Waals surface area (Å²) in [5.41, 5.74) is 3.18. The van der Waals surface area contributed by atoms with Crippen LogP contribution < -0.4 is 15.0 Å². The van der Waals surface area contributed by atoms with E-state index in [-0.39, 0.29) is 12.1 Å². The number of aromatic nitrogens is 1. The topological polar surface area (TPSA) is 37.4 Å². The third kappa shape index (κ3) is 4.28. The van der Waals surface area contributed by atoms with Crippen molar-refractivity contribution in [1.82, 2.24) is 10.3 Å². The van der Waals surface area contributed by atoms with Crippen LogP contribution in [0.5, 0.6) is 11.5 Å². The SMILES string of the molecule is Cc1ccc(Oc2ccc(N3C(=S)N[C@H](c4ccccn4)[C@@H]3c3cc(Br)cs3)cc2)cc1. The van der Waals surface area contributed by atoms with Crippen molar-refractivity contribution in [3.8, 4) is 11.5 Å². The molecule has 160 valence electrons. The van der Waals surface area contributed by atoms with Crippen LogP contribution in [0, 0.1) is 6.92 Å². The number of thiocarbonyl (C=S) groups is 1. The van der Waals surface area contributed by atoms with E-state index < -0.39 is 0 Å². The summed E-state index contributed by atoms with van der Waals surface area (Å²) < 4.78 is 7.07. The average molecular weight is 522 g/mol. The Hall–Kier alpha value is -2.74. The van der Waals surface area contributed by atoms with Crippen molar-refractivity contribution >= 4 is 50.3 Å². The highest BCUT2D eigenvalue weighted by Crippen LogP contribution is 2.44. The summed E-state index contributed by atoms with van der Waals surface area (Å²) in [5.74, 6) is 1.60. The summed E-state index contributed by atoms with van der Waals surface area (Å²) in [6.07, 6.45) is 1.82. The lowest BCUT2D eigenvalue weighted by Crippen LogP contribution is -2.28. The van der Waals surface area contributed by atoms with Crippen LogP contribution in [0.1, 0.15) is 28.2 Å². The van der Waals surface area contributed by atoms with Crippen molar-refractivity contribution in [3.63, 3.8) is 0 Å². The van der Waals surface area contributed by atoms with E-state index in [2.05, 4.69) is 49.5 Å². The van der Waals surface area contributed by atoms with E-state index in [0.29, 0.717) is 5.11 Å². The van der Waals surface area contributed by atoms with Gasteiger partial charge in [-0.05, 0) is 89.7 Å². The molecular formula is C25H20BrN3OS2. The fourth-order valence-corrected chi connectivity index (χ4v) is 5.74. The molecule has 2 atom stereocenters. The number of nitrogens with zero attached hydrogens (tertiary/aromatic N) is 2. The lowest BCUT2D eigenvalue weighted by Gasteiger charge is -2.27. The highest BCUT2D eigenvalue weighted by atomic mass is 79.9. The molecule has 3 heterocycles. The van der Waals surface area contributed by atoms with Crippen LogP contribution in [-0.4, -0.2) is 10.1 Å². The minimum atomic E-state index is -0.0438. The van der Waals surface area contributed by atoms with Gasteiger partial charge in [-0.2, -0.15) is 0 Å². The van der Waals surface area contributed by atoms with Gasteiger partial charge < -0.3 is 15.0 Å². The van der Waals surface area contributed by atoms with E-state index in [9.17, 15) is 0 Å². The first-order valence-corrected chi connectivity index (χ1v) is 12.3. The Labute approximate surface area is 205 Å². The van der Waals surface area contributed by atoms with Crippen molar-refractivity contribution in [3.05, 3.63) is 105 Å². The summed E-state index contributed by atoms with van der Waals surface area (Å²) >= 11 is 11.1. The summed E-state index contributed by atoms with van der Waals surface area (Å²) in [7, 11) is 0. The molecule has 0 saturated carbocycles. The molecule has 4 nitrogen and oxygen atoms in total. The van der Waals surface area contributed by atoms with Gasteiger partial charge in [-0.25, -0.2) is 0 Å². The molecule has 5 rings (SSSR count). The molecular weight excluding hydrogens is 502 g/mol. The smallest absolute Gasteiger partial charge is 0.174 e. The van der Waals surface area contributed by atoms with Crippen LogP contribution >= 0.6 is 39.5 Å². The number of rotatable bonds is 5. The number of hydrogen-bond acceptors (Lipinski definition) is 4. The number of halogens is 1. The molecule has 2 aromatic heterocycles. The highest BCUT2D eigenvalue weighted by molar-refractivity contribution is 9.10. The molecule has 4 aromatic rings. The van der Waals surface area contributed by atoms with Crippen molar-refractivity contribution < 1.29 is 4.74 Å². The van der Waals surface area contributed by atoms with Gasteiger partial charge in [0.05, 0.1) is 17.8 Å². The minimum absolute atomic E-state index is 0.00225. The Morgan fingerprint density at radius 3 is 2.38 bits per heavy atom. The third-order valence-electron chi connectivity index (χ3n) is 5.35. The van der Waals surface area contributed by atoms with Gasteiger partial charge in [0.1, 0.15) is 11.5 Å². The molecule has 0 spiro atoms. The summed E-state index contributed by atoms with van der Waals surface area (Å²) in [4.78, 5) is 7.97. The number of ether oxygens (including phenoxy) is 1. The zero-order chi connectivity index (χ0) is 22.1. The highest BCUT2D eigenvalue weighted by Gasteiger charge is 2.41. The summed E-state index contributed by atoms with van der Waals surface area (Å²) in [6.45, 7) is 2.06. The molecule has 0 unspecified atom stereocenters. The van der Waals surface area contributed by atoms with Crippen molar-refractivity contribution in [1.29, 1.82) is 0 Å². The zero-order valence-electron chi connectivity index (χ0n) is 17.2. The maximum Gasteiger partial charge on any atom is 0.174 e. The Balaban J connectivity index is 1.46. The second-order valence-corrected chi connectivity index (χ2v) is 9.82. The molecule has 1 saturated heterocycles. The quantitative estimate of drug-likeness (QED) is 0.281. The molecule has 32 heavy (non-hydrogen) atoms. The van der Waals surface area contributed by atoms with E-state index in [4.69, 9.17) is 17.0 Å². The van der Waals surface area contributed by atoms with Crippen LogP contribution in [0.4, 0.5) is 5.69 Å². The molecule has 7 heteroatoms. The maximum absolute atomic E-state index is 6.00. The molecule has 0 radical (unpaired) electrons. The number of aryl methyl sites for hydroxylation is 1. The predicted molar refractivity (Wildman–Crippen MR) is 138 cm³/mol. The predicted octanol–water partition coefficient (Wildman–Crippen LogP) is 7.18. The lowest BCUT2D eigenvalue weighted by molar-refractivity contribution is 0.482. The molecule has 1 aliphatic heterocycles. The van der Waals surface area contributed by atoms with Gasteiger partial charge in [-0.1, -0.05) is 23.8 Å². The fourth-order valence-electron chi connectivity index (χ4n) is 3.82. The number of benzene rings is 2. The van der Waals surface area contributed by atoms with E-state index in [1.165, 1.54) is 10.4 Å². The van der Waals surface area contributed by atoms with Gasteiger partial charge >= 0.3 is 0 Å². The van der Waals surface area contributed by atoms with Crippen molar-refractivity contribution in [2.45, 2.75) is 19.0 Å². The van der Waals surface area contributed by atoms with Gasteiger partial charge in [0.15, 0.2) is 5.11 Å². The Bertz CT molecular complexity index is 1230. The van der Waals surface area contributed by atoms with Gasteiger partial charge in [-0.3, -0.25) is 4.98 Å². The standard InChI is InChI=1S/C25H20BrN3OS2/c1-16-5-9-19(10-6-16)30-20-11-7-18(8-12-20)29-24(22-14-17(26)15-32-22)23(28-25(29)31)21-4-2-3-13-27-21/h2-15,23-24H,1H3,(H,28,31)/t23-,24+/m1/s1. The van der Waals surface area contributed by atoms with E-state index in [1.54, 1.807) is 11.3 Å². The van der Waals surface area contributed by atoms with Gasteiger partial charge in [0, 0.05) is 26.6 Å². The van der Waals surface area contributed by atoms with Crippen molar-refractivity contribution in [2.24, 2.45) is 0 Å². The van der Waals surface area contributed by atoms with Gasteiger partial charge in [-0.15, -0.1) is 11.3 Å². The maximum atomic E-state index is 6.00. The molecule has 0 bridgehead atoms. The summed E-state index contributed by atoms with van der Waals surface area (Å²) in [5, 5.41) is 6.27. The average Bonchev–Trinajstić information content (AvgIpc) is 3.39. The minimum Gasteiger partial charge on any atom is -0.457 e. The first-order valence-electron chi connectivity index (χ1n) is 10.2. The number of nitrogens with one attached hydrogen (secondary N) is 1. The van der Waals surface area contributed by atoms with Gasteiger partial charge in [0.25, 0.3) is 0 Å². The van der Waals surface area contributed by atoms with E-state index >= 15 is 0 Å². The fraction of sp³-hybridized carbons (Fsp3) is 0.120. The number of thiophene rings is 1. The first-order chi connectivity index (χ1) is 15.6. The van der Waals surface area contributed by atoms with Crippen LogP contribution in [0.15, 0.2) is 88.8 Å². The first kappa shape index (κ1) is 21.1. The Morgan fingerprint density at radius 1 is 1.03 bits per heavy atom.